The Bertz CT molecular complexity index is 1850. The molecule has 2 amide bonds. The van der Waals surface area contributed by atoms with Crippen molar-refractivity contribution in [1.82, 2.24) is 20.2 Å². The van der Waals surface area contributed by atoms with Crippen LogP contribution >= 0.6 is 34.8 Å². The Morgan fingerprint density at radius 2 is 1.74 bits per heavy atom. The maximum Gasteiger partial charge on any atom is 0.251 e. The highest BCUT2D eigenvalue weighted by atomic mass is 35.5. The van der Waals surface area contributed by atoms with E-state index in [4.69, 9.17) is 39.5 Å². The maximum absolute atomic E-state index is 12.6. The van der Waals surface area contributed by atoms with E-state index >= 15 is 0 Å². The molecule has 0 radical (unpaired) electrons. The lowest BCUT2D eigenvalue weighted by atomic mass is 10.1. The van der Waals surface area contributed by atoms with E-state index in [1.807, 2.05) is 43.3 Å². The number of para-hydroxylation sites is 1. The summed E-state index contributed by atoms with van der Waals surface area (Å²) >= 11 is 20.0. The van der Waals surface area contributed by atoms with Crippen molar-refractivity contribution in [1.29, 1.82) is 0 Å². The number of pyridine rings is 1. The zero-order valence-electron chi connectivity index (χ0n) is 23.3. The van der Waals surface area contributed by atoms with Gasteiger partial charge in [0.15, 0.2) is 0 Å². The summed E-state index contributed by atoms with van der Waals surface area (Å²) in [6.45, 7) is 2.23. The molecular formula is C33H27Cl3N4O3. The van der Waals surface area contributed by atoms with Gasteiger partial charge in [0.2, 0.25) is 5.91 Å². The Balaban J connectivity index is 1.31. The van der Waals surface area contributed by atoms with Gasteiger partial charge in [-0.05, 0) is 67.1 Å². The van der Waals surface area contributed by atoms with Crippen LogP contribution < -0.4 is 15.4 Å². The number of benzene rings is 3. The summed E-state index contributed by atoms with van der Waals surface area (Å²) in [5.41, 5.74) is 4.87. The molecule has 2 aromatic heterocycles. The summed E-state index contributed by atoms with van der Waals surface area (Å²) in [4.78, 5) is 28.9. The largest absolute Gasteiger partial charge is 0.487 e. The third-order valence-electron chi connectivity index (χ3n) is 6.79. The number of amides is 2. The van der Waals surface area contributed by atoms with E-state index in [1.165, 1.54) is 6.08 Å². The average molecular weight is 634 g/mol. The monoisotopic (exact) mass is 632 g/mol. The fourth-order valence-electron chi connectivity index (χ4n) is 4.53. The van der Waals surface area contributed by atoms with Crippen LogP contribution in [0.5, 0.6) is 5.75 Å². The summed E-state index contributed by atoms with van der Waals surface area (Å²) in [6.07, 6.45) is 3.10. The van der Waals surface area contributed by atoms with Crippen LogP contribution in [0.2, 0.25) is 15.2 Å². The predicted octanol–water partition coefficient (Wildman–Crippen LogP) is 7.56. The van der Waals surface area contributed by atoms with Gasteiger partial charge in [-0.15, -0.1) is 0 Å². The quantitative estimate of drug-likeness (QED) is 0.164. The van der Waals surface area contributed by atoms with E-state index in [2.05, 4.69) is 15.6 Å². The summed E-state index contributed by atoms with van der Waals surface area (Å²) < 4.78 is 7.92. The second-order valence-corrected chi connectivity index (χ2v) is 10.8. The van der Waals surface area contributed by atoms with Gasteiger partial charge in [-0.25, -0.2) is 4.98 Å². The van der Waals surface area contributed by atoms with E-state index < -0.39 is 0 Å². The summed E-state index contributed by atoms with van der Waals surface area (Å²) in [5, 5.41) is 7.66. The maximum atomic E-state index is 12.6. The molecular weight excluding hydrogens is 607 g/mol. The highest BCUT2D eigenvalue weighted by Crippen LogP contribution is 2.35. The molecule has 0 saturated heterocycles. The number of fused-ring (bicyclic) bond motifs is 1. The van der Waals surface area contributed by atoms with Crippen molar-refractivity contribution < 1.29 is 14.3 Å². The van der Waals surface area contributed by atoms with Crippen LogP contribution in [0.25, 0.3) is 22.7 Å². The molecule has 3 aromatic carbocycles. The Morgan fingerprint density at radius 1 is 0.953 bits per heavy atom. The number of aryl methyl sites for hydroxylation is 1. The summed E-state index contributed by atoms with van der Waals surface area (Å²) in [5.74, 6) is 0.152. The molecule has 0 saturated carbocycles. The number of halogens is 3. The number of carbonyl (C=O) groups excluding carboxylic acids is 2. The second kappa shape index (κ2) is 13.3. The van der Waals surface area contributed by atoms with Crippen molar-refractivity contribution in [3.63, 3.8) is 0 Å². The molecule has 0 unspecified atom stereocenters. The lowest BCUT2D eigenvalue weighted by Crippen LogP contribution is -2.22. The van der Waals surface area contributed by atoms with Crippen molar-refractivity contribution >= 4 is 63.6 Å². The van der Waals surface area contributed by atoms with Crippen molar-refractivity contribution in [3.8, 4) is 11.4 Å². The van der Waals surface area contributed by atoms with Gasteiger partial charge < -0.3 is 19.9 Å². The molecule has 2 heterocycles. The first-order valence-corrected chi connectivity index (χ1v) is 14.5. The molecule has 5 aromatic rings. The number of carbonyl (C=O) groups is 2. The molecule has 0 spiro atoms. The van der Waals surface area contributed by atoms with Crippen LogP contribution in [-0.2, 0) is 17.9 Å². The number of nitrogens with one attached hydrogen (secondary N) is 2. The summed E-state index contributed by atoms with van der Waals surface area (Å²) in [6, 6.07) is 23.7. The van der Waals surface area contributed by atoms with Gasteiger partial charge in [-0.3, -0.25) is 9.59 Å². The zero-order valence-corrected chi connectivity index (χ0v) is 25.6. The van der Waals surface area contributed by atoms with Crippen LogP contribution in [0.1, 0.15) is 32.9 Å². The van der Waals surface area contributed by atoms with Gasteiger partial charge in [0.25, 0.3) is 5.91 Å². The standard InChI is InChI=1S/C33H27Cl3N4O3/c1-20-6-10-22-4-3-5-28(32(22)39-20)43-19-25-26(34)14-15-27(31(25)36)40-24(13-16-29(40)35)18-38-30(41)17-9-21-7-11-23(12-8-21)33(42)37-2/h3-17H,18-19H2,1-2H3,(H,37,42)(H,38,41)/b17-9+. The normalized spacial score (nSPS) is 11.2. The Morgan fingerprint density at radius 3 is 2.51 bits per heavy atom. The van der Waals surface area contributed by atoms with Gasteiger partial charge in [0.1, 0.15) is 23.0 Å². The molecule has 43 heavy (non-hydrogen) atoms. The van der Waals surface area contributed by atoms with Gasteiger partial charge in [-0.2, -0.15) is 0 Å². The van der Waals surface area contributed by atoms with E-state index in [0.29, 0.717) is 43.5 Å². The van der Waals surface area contributed by atoms with E-state index in [1.54, 1.807) is 60.2 Å². The van der Waals surface area contributed by atoms with Crippen LogP contribution in [-0.4, -0.2) is 28.4 Å². The molecule has 218 valence electrons. The average Bonchev–Trinajstić information content (AvgIpc) is 3.38. The second-order valence-electron chi connectivity index (χ2n) is 9.66. The van der Waals surface area contributed by atoms with Crippen molar-refractivity contribution in [2.24, 2.45) is 0 Å². The Hall–Kier alpha value is -4.30. The Labute approximate surface area is 264 Å². The Kier molecular flexibility index (Phi) is 9.36. The molecule has 7 nitrogen and oxygen atoms in total. The fraction of sp³-hybridized carbons (Fsp3) is 0.121. The highest BCUT2D eigenvalue weighted by molar-refractivity contribution is 6.37. The predicted molar refractivity (Wildman–Crippen MR) is 172 cm³/mol. The van der Waals surface area contributed by atoms with Crippen LogP contribution in [0.15, 0.2) is 84.9 Å². The smallest absolute Gasteiger partial charge is 0.251 e. The molecule has 0 atom stereocenters. The highest BCUT2D eigenvalue weighted by Gasteiger charge is 2.18. The summed E-state index contributed by atoms with van der Waals surface area (Å²) in [7, 11) is 1.57. The minimum Gasteiger partial charge on any atom is -0.487 e. The minimum absolute atomic E-state index is 0.111. The van der Waals surface area contributed by atoms with Crippen molar-refractivity contribution in [2.45, 2.75) is 20.1 Å². The minimum atomic E-state index is -0.297. The first kappa shape index (κ1) is 30.2. The molecule has 5 rings (SSSR count). The molecule has 10 heteroatoms. The van der Waals surface area contributed by atoms with E-state index in [-0.39, 0.29) is 25.0 Å². The van der Waals surface area contributed by atoms with Gasteiger partial charge >= 0.3 is 0 Å². The van der Waals surface area contributed by atoms with Crippen molar-refractivity contribution in [3.05, 3.63) is 128 Å². The topological polar surface area (TPSA) is 85.2 Å². The SMILES string of the molecule is CNC(=O)c1ccc(/C=C/C(=O)NCc2ccc(Cl)n2-c2ccc(Cl)c(COc3cccc4ccc(C)nc34)c2Cl)cc1. The third kappa shape index (κ3) is 6.86. The van der Waals surface area contributed by atoms with Gasteiger partial charge in [-0.1, -0.05) is 65.1 Å². The third-order valence-corrected chi connectivity index (χ3v) is 7.86. The lowest BCUT2D eigenvalue weighted by Gasteiger charge is -2.17. The fourth-order valence-corrected chi connectivity index (χ4v) is 5.36. The molecule has 0 aliphatic rings. The van der Waals surface area contributed by atoms with E-state index in [0.717, 1.165) is 22.2 Å². The number of hydrogen-bond acceptors (Lipinski definition) is 4. The number of hydrogen-bond donors (Lipinski definition) is 2. The lowest BCUT2D eigenvalue weighted by molar-refractivity contribution is -0.116. The first-order valence-electron chi connectivity index (χ1n) is 13.4. The number of ether oxygens (including phenoxy) is 1. The van der Waals surface area contributed by atoms with Gasteiger partial charge in [0.05, 0.1) is 17.3 Å². The zero-order chi connectivity index (χ0) is 30.5. The number of rotatable bonds is 9. The molecule has 0 fully saturated rings. The van der Waals surface area contributed by atoms with Crippen LogP contribution in [0.4, 0.5) is 0 Å². The molecule has 0 aliphatic heterocycles. The number of aromatic nitrogens is 2. The molecule has 2 N–H and O–H groups in total. The first-order chi connectivity index (χ1) is 20.7. The molecule has 0 aliphatic carbocycles. The van der Waals surface area contributed by atoms with Crippen molar-refractivity contribution in [2.75, 3.05) is 7.05 Å². The molecule has 0 bridgehead atoms. The van der Waals surface area contributed by atoms with Crippen LogP contribution in [0.3, 0.4) is 0 Å². The van der Waals surface area contributed by atoms with Crippen LogP contribution in [0, 0.1) is 6.92 Å². The van der Waals surface area contributed by atoms with E-state index in [9.17, 15) is 9.59 Å². The van der Waals surface area contributed by atoms with Gasteiger partial charge in [0, 0.05) is 46.0 Å². The number of nitrogens with zero attached hydrogens (tertiary/aromatic N) is 2.